The van der Waals surface area contributed by atoms with E-state index in [0.717, 1.165) is 0 Å². The van der Waals surface area contributed by atoms with Crippen molar-refractivity contribution in [3.8, 4) is 0 Å². The third-order valence-electron chi connectivity index (χ3n) is 2.50. The number of aliphatic hydroxyl groups is 1. The quantitative estimate of drug-likeness (QED) is 0.862. The lowest BCUT2D eigenvalue weighted by molar-refractivity contribution is 0.158. The molecule has 0 aromatic heterocycles. The fourth-order valence-electron chi connectivity index (χ4n) is 1.53. The van der Waals surface area contributed by atoms with E-state index in [-0.39, 0.29) is 18.5 Å². The van der Waals surface area contributed by atoms with Crippen LogP contribution in [0.25, 0.3) is 0 Å². The molecule has 4 heteroatoms. The lowest BCUT2D eigenvalue weighted by atomic mass is 10.1. The van der Waals surface area contributed by atoms with Crippen molar-refractivity contribution in [3.63, 3.8) is 0 Å². The highest BCUT2D eigenvalue weighted by molar-refractivity contribution is 6.30. The fraction of sp³-hybridized carbons (Fsp3) is 0.500. The van der Waals surface area contributed by atoms with Gasteiger partial charge in [-0.15, -0.1) is 0 Å². The van der Waals surface area contributed by atoms with Crippen molar-refractivity contribution in [2.45, 2.75) is 26.4 Å². The first-order chi connectivity index (χ1) is 7.54. The Hall–Kier alpha value is -0.640. The van der Waals surface area contributed by atoms with Crippen LogP contribution in [0.4, 0.5) is 4.39 Å². The maximum absolute atomic E-state index is 13.5. The minimum Gasteiger partial charge on any atom is -0.395 e. The van der Waals surface area contributed by atoms with Gasteiger partial charge in [0.2, 0.25) is 0 Å². The van der Waals surface area contributed by atoms with Crippen LogP contribution in [0, 0.1) is 5.82 Å². The van der Waals surface area contributed by atoms with Crippen LogP contribution < -0.4 is 0 Å². The van der Waals surface area contributed by atoms with Crippen molar-refractivity contribution >= 4 is 11.6 Å². The number of nitrogens with zero attached hydrogens (tertiary/aromatic N) is 1. The third kappa shape index (κ3) is 3.74. The standard InChI is InChI=1S/C12H17ClFNO/c1-9(2)15(5-6-16)8-10-7-11(13)3-4-12(10)14/h3-4,7,9,16H,5-6,8H2,1-2H3. The molecular weight excluding hydrogens is 229 g/mol. The number of aliphatic hydroxyl groups excluding tert-OH is 1. The zero-order valence-corrected chi connectivity index (χ0v) is 10.3. The van der Waals surface area contributed by atoms with Crippen LogP contribution in [0.2, 0.25) is 5.02 Å². The summed E-state index contributed by atoms with van der Waals surface area (Å²) in [5.74, 6) is -0.256. The van der Waals surface area contributed by atoms with Gasteiger partial charge in [-0.1, -0.05) is 11.6 Å². The van der Waals surface area contributed by atoms with Crippen LogP contribution >= 0.6 is 11.6 Å². The Morgan fingerprint density at radius 3 is 2.69 bits per heavy atom. The Kier molecular flexibility index (Phi) is 5.19. The molecule has 0 amide bonds. The monoisotopic (exact) mass is 245 g/mol. The minimum absolute atomic E-state index is 0.0698. The summed E-state index contributed by atoms with van der Waals surface area (Å²) < 4.78 is 13.5. The maximum atomic E-state index is 13.5. The largest absolute Gasteiger partial charge is 0.395 e. The smallest absolute Gasteiger partial charge is 0.127 e. The zero-order chi connectivity index (χ0) is 12.1. The molecule has 0 heterocycles. The van der Waals surface area contributed by atoms with Gasteiger partial charge in [0.05, 0.1) is 6.61 Å². The SMILES string of the molecule is CC(C)N(CCO)Cc1cc(Cl)ccc1F. The average molecular weight is 246 g/mol. The van der Waals surface area contributed by atoms with E-state index in [0.29, 0.717) is 23.7 Å². The van der Waals surface area contributed by atoms with E-state index in [1.54, 1.807) is 6.07 Å². The summed E-state index contributed by atoms with van der Waals surface area (Å²) in [5, 5.41) is 9.46. The van der Waals surface area contributed by atoms with E-state index in [4.69, 9.17) is 16.7 Å². The highest BCUT2D eigenvalue weighted by Gasteiger charge is 2.12. The molecule has 1 aromatic carbocycles. The molecular formula is C12H17ClFNO. The molecule has 0 saturated heterocycles. The fourth-order valence-corrected chi connectivity index (χ4v) is 1.73. The first-order valence-electron chi connectivity index (χ1n) is 5.33. The minimum atomic E-state index is -0.256. The number of hydrogen-bond acceptors (Lipinski definition) is 2. The molecule has 1 rings (SSSR count). The number of rotatable bonds is 5. The van der Waals surface area contributed by atoms with Crippen LogP contribution in [0.1, 0.15) is 19.4 Å². The highest BCUT2D eigenvalue weighted by atomic mass is 35.5. The van der Waals surface area contributed by atoms with Crippen LogP contribution in [0.5, 0.6) is 0 Å². The van der Waals surface area contributed by atoms with Gasteiger partial charge in [-0.25, -0.2) is 4.39 Å². The van der Waals surface area contributed by atoms with E-state index in [9.17, 15) is 4.39 Å². The lowest BCUT2D eigenvalue weighted by Gasteiger charge is -2.25. The van der Waals surface area contributed by atoms with Crippen molar-refractivity contribution < 1.29 is 9.50 Å². The molecule has 0 atom stereocenters. The van der Waals surface area contributed by atoms with Crippen molar-refractivity contribution in [2.24, 2.45) is 0 Å². The Morgan fingerprint density at radius 1 is 1.44 bits per heavy atom. The normalized spacial score (nSPS) is 11.4. The molecule has 1 aromatic rings. The van der Waals surface area contributed by atoms with Gasteiger partial charge in [0.15, 0.2) is 0 Å². The molecule has 0 bridgehead atoms. The summed E-state index contributed by atoms with van der Waals surface area (Å²) in [4.78, 5) is 1.99. The molecule has 2 nitrogen and oxygen atoms in total. The second-order valence-electron chi connectivity index (χ2n) is 4.02. The van der Waals surface area contributed by atoms with Gasteiger partial charge in [0.25, 0.3) is 0 Å². The average Bonchev–Trinajstić information content (AvgIpc) is 2.22. The second kappa shape index (κ2) is 6.18. The number of hydrogen-bond donors (Lipinski definition) is 1. The number of benzene rings is 1. The molecule has 0 saturated carbocycles. The predicted octanol–water partition coefficient (Wildman–Crippen LogP) is 2.68. The van der Waals surface area contributed by atoms with E-state index in [2.05, 4.69) is 0 Å². The van der Waals surface area contributed by atoms with E-state index >= 15 is 0 Å². The molecule has 0 unspecified atom stereocenters. The zero-order valence-electron chi connectivity index (χ0n) is 9.58. The number of halogens is 2. The Labute approximate surface area is 101 Å². The van der Waals surface area contributed by atoms with Gasteiger partial charge in [-0.2, -0.15) is 0 Å². The van der Waals surface area contributed by atoms with Crippen LogP contribution in [0.15, 0.2) is 18.2 Å². The molecule has 90 valence electrons. The summed E-state index contributed by atoms with van der Waals surface area (Å²) in [6.45, 7) is 5.09. The predicted molar refractivity (Wildman–Crippen MR) is 64.0 cm³/mol. The first kappa shape index (κ1) is 13.4. The van der Waals surface area contributed by atoms with Gasteiger partial charge in [0, 0.05) is 29.7 Å². The molecule has 0 aliphatic heterocycles. The van der Waals surface area contributed by atoms with Crippen LogP contribution in [-0.4, -0.2) is 29.2 Å². The van der Waals surface area contributed by atoms with Gasteiger partial charge in [0.1, 0.15) is 5.82 Å². The summed E-state index contributed by atoms with van der Waals surface area (Å²) in [6, 6.07) is 4.79. The van der Waals surface area contributed by atoms with Gasteiger partial charge in [-0.05, 0) is 32.0 Å². The molecule has 16 heavy (non-hydrogen) atoms. The van der Waals surface area contributed by atoms with Crippen molar-refractivity contribution in [1.82, 2.24) is 4.90 Å². The molecule has 0 aliphatic rings. The third-order valence-corrected chi connectivity index (χ3v) is 2.73. The topological polar surface area (TPSA) is 23.5 Å². The van der Waals surface area contributed by atoms with Crippen molar-refractivity contribution in [2.75, 3.05) is 13.2 Å². The molecule has 0 radical (unpaired) electrons. The van der Waals surface area contributed by atoms with E-state index < -0.39 is 0 Å². The summed E-state index contributed by atoms with van der Waals surface area (Å²) in [7, 11) is 0. The lowest BCUT2D eigenvalue weighted by Crippen LogP contribution is -2.33. The maximum Gasteiger partial charge on any atom is 0.127 e. The molecule has 0 spiro atoms. The van der Waals surface area contributed by atoms with Gasteiger partial charge < -0.3 is 5.11 Å². The van der Waals surface area contributed by atoms with Crippen molar-refractivity contribution in [1.29, 1.82) is 0 Å². The summed E-state index contributed by atoms with van der Waals surface area (Å²) in [6.07, 6.45) is 0. The first-order valence-corrected chi connectivity index (χ1v) is 5.71. The van der Waals surface area contributed by atoms with E-state index in [1.165, 1.54) is 12.1 Å². The van der Waals surface area contributed by atoms with Crippen molar-refractivity contribution in [3.05, 3.63) is 34.6 Å². The Morgan fingerprint density at radius 2 is 2.12 bits per heavy atom. The summed E-state index contributed by atoms with van der Waals surface area (Å²) in [5.41, 5.74) is 0.564. The van der Waals surface area contributed by atoms with Gasteiger partial charge in [-0.3, -0.25) is 4.90 Å². The van der Waals surface area contributed by atoms with Crippen LogP contribution in [0.3, 0.4) is 0 Å². The van der Waals surface area contributed by atoms with E-state index in [1.807, 2.05) is 18.7 Å². The molecule has 0 aliphatic carbocycles. The Balaban J connectivity index is 2.80. The second-order valence-corrected chi connectivity index (χ2v) is 4.46. The van der Waals surface area contributed by atoms with Gasteiger partial charge >= 0.3 is 0 Å². The Bertz CT molecular complexity index is 344. The summed E-state index contributed by atoms with van der Waals surface area (Å²) >= 11 is 5.82. The highest BCUT2D eigenvalue weighted by Crippen LogP contribution is 2.17. The molecule has 0 fully saturated rings. The van der Waals surface area contributed by atoms with Crippen LogP contribution in [-0.2, 0) is 6.54 Å². The molecule has 1 N–H and O–H groups in total.